The summed E-state index contributed by atoms with van der Waals surface area (Å²) in [4.78, 5) is 3.78. The summed E-state index contributed by atoms with van der Waals surface area (Å²) < 4.78 is 34.0. The third kappa shape index (κ3) is 21.8. The number of nitrogens with zero attached hydrogens (tertiary/aromatic N) is 1. The largest absolute Gasteiger partial charge is 1.00 e. The van der Waals surface area contributed by atoms with Crippen LogP contribution in [0.3, 0.4) is 0 Å². The minimum absolute atomic E-state index is 0. The first kappa shape index (κ1) is 28.9. The van der Waals surface area contributed by atoms with Crippen molar-refractivity contribution in [2.45, 2.75) is 39.5 Å². The van der Waals surface area contributed by atoms with Crippen LogP contribution in [-0.2, 0) is 22.4 Å². The SMILES string of the molecule is CCCCP(CCCC)c1ccccc1.[Au+].[O-][Cl+3]([O-])([O-])[O-].c1ccncc1. The average Bonchev–Trinajstić information content (AvgIpc) is 2.63. The zero-order valence-corrected chi connectivity index (χ0v) is 19.5. The van der Waals surface area contributed by atoms with E-state index in [1.807, 2.05) is 18.2 Å². The van der Waals surface area contributed by atoms with Crippen LogP contribution in [0.2, 0.25) is 0 Å². The first-order chi connectivity index (χ1) is 12.4. The van der Waals surface area contributed by atoms with Gasteiger partial charge in [-0.3, -0.25) is 4.98 Å². The Morgan fingerprint density at radius 3 is 1.48 bits per heavy atom. The van der Waals surface area contributed by atoms with Gasteiger partial charge in [-0.15, -0.1) is 10.2 Å². The molecular weight excluding hydrogens is 570 g/mol. The molecule has 0 bridgehead atoms. The topological polar surface area (TPSA) is 105 Å². The van der Waals surface area contributed by atoms with Gasteiger partial charge in [-0.25, -0.2) is 18.6 Å². The molecule has 0 radical (unpaired) electrons. The van der Waals surface area contributed by atoms with Gasteiger partial charge < -0.3 is 0 Å². The van der Waals surface area contributed by atoms with Gasteiger partial charge in [-0.2, -0.15) is 0 Å². The van der Waals surface area contributed by atoms with Gasteiger partial charge in [0, 0.05) is 12.4 Å². The Bertz CT molecular complexity index is 492. The molecule has 1 heterocycles. The minimum Gasteiger partial charge on any atom is -0.265 e. The molecular formula is C19H28AuClNO4P. The second kappa shape index (κ2) is 19.0. The van der Waals surface area contributed by atoms with Crippen LogP contribution in [0, 0.1) is 10.2 Å². The Hall–Kier alpha value is -0.330. The predicted octanol–water partition coefficient (Wildman–Crippen LogP) is 0.717. The summed E-state index contributed by atoms with van der Waals surface area (Å²) >= 11 is 0. The van der Waals surface area contributed by atoms with Crippen LogP contribution in [0.1, 0.15) is 39.5 Å². The van der Waals surface area contributed by atoms with Gasteiger partial charge in [0.15, 0.2) is 0 Å². The van der Waals surface area contributed by atoms with E-state index in [9.17, 15) is 0 Å². The smallest absolute Gasteiger partial charge is 0.265 e. The van der Waals surface area contributed by atoms with E-state index in [4.69, 9.17) is 18.6 Å². The van der Waals surface area contributed by atoms with E-state index >= 15 is 0 Å². The molecule has 1 aromatic heterocycles. The molecule has 8 heteroatoms. The molecule has 0 aliphatic rings. The number of hydrogen-bond donors (Lipinski definition) is 0. The number of halogens is 1. The van der Waals surface area contributed by atoms with Crippen molar-refractivity contribution < 1.29 is 51.3 Å². The number of unbranched alkanes of at least 4 members (excludes halogenated alkanes) is 2. The molecule has 2 rings (SSSR count). The van der Waals surface area contributed by atoms with Gasteiger partial charge in [-0.05, 0) is 42.6 Å². The fraction of sp³-hybridized carbons (Fsp3) is 0.421. The first-order valence-electron chi connectivity index (χ1n) is 8.65. The molecule has 2 aromatic rings. The van der Waals surface area contributed by atoms with Crippen molar-refractivity contribution in [2.75, 3.05) is 12.3 Å². The van der Waals surface area contributed by atoms with Crippen LogP contribution in [0.4, 0.5) is 0 Å². The van der Waals surface area contributed by atoms with E-state index in [1.54, 1.807) is 17.7 Å². The van der Waals surface area contributed by atoms with E-state index in [1.165, 1.54) is 38.0 Å². The number of benzene rings is 1. The molecule has 1 aromatic carbocycles. The standard InChI is InChI=1S/C14H23P.C5H5N.Au.ClHO4/c1-3-5-12-15(13-6-4-2)14-10-8-7-9-11-14;1-2-4-6-5-3-1;;2-1(3,4)5/h7-11H,3-6,12-13H2,1-2H3;1-5H;;(H,2,3,4,5)/q;;+1;/p-1. The minimum atomic E-state index is -4.94. The summed E-state index contributed by atoms with van der Waals surface area (Å²) in [5, 5.41) is 1.61. The molecule has 0 aliphatic carbocycles. The summed E-state index contributed by atoms with van der Waals surface area (Å²) in [6.07, 6.45) is 11.8. The van der Waals surface area contributed by atoms with Crippen molar-refractivity contribution in [3.63, 3.8) is 0 Å². The van der Waals surface area contributed by atoms with Crippen LogP contribution < -0.4 is 23.9 Å². The Balaban J connectivity index is 0. The van der Waals surface area contributed by atoms with Crippen molar-refractivity contribution in [1.82, 2.24) is 4.98 Å². The second-order valence-corrected chi connectivity index (χ2v) is 8.68. The Labute approximate surface area is 181 Å². The van der Waals surface area contributed by atoms with Gasteiger partial charge in [0.1, 0.15) is 0 Å². The van der Waals surface area contributed by atoms with E-state index < -0.39 is 10.2 Å². The maximum atomic E-state index is 8.49. The molecule has 0 unspecified atom stereocenters. The molecule has 0 fully saturated rings. The third-order valence-electron chi connectivity index (χ3n) is 3.25. The van der Waals surface area contributed by atoms with Crippen LogP contribution in [0.5, 0.6) is 0 Å². The number of aromatic nitrogens is 1. The van der Waals surface area contributed by atoms with Gasteiger partial charge in [0.25, 0.3) is 0 Å². The van der Waals surface area contributed by atoms with Gasteiger partial charge >= 0.3 is 22.4 Å². The summed E-state index contributed by atoms with van der Waals surface area (Å²) in [5.41, 5.74) is 0. The number of hydrogen-bond acceptors (Lipinski definition) is 5. The average molecular weight is 598 g/mol. The first-order valence-corrected chi connectivity index (χ1v) is 11.6. The fourth-order valence-electron chi connectivity index (χ4n) is 2.02. The van der Waals surface area contributed by atoms with E-state index in [2.05, 4.69) is 49.2 Å². The summed E-state index contributed by atoms with van der Waals surface area (Å²) in [6, 6.07) is 16.8. The maximum absolute atomic E-state index is 8.49. The van der Waals surface area contributed by atoms with Gasteiger partial charge in [0.2, 0.25) is 0 Å². The predicted molar refractivity (Wildman–Crippen MR) is 96.8 cm³/mol. The van der Waals surface area contributed by atoms with Gasteiger partial charge in [-0.1, -0.05) is 71.0 Å². The van der Waals surface area contributed by atoms with E-state index in [0.717, 1.165) is 0 Å². The Kier molecular flexibility index (Phi) is 20.3. The van der Waals surface area contributed by atoms with Crippen molar-refractivity contribution in [1.29, 1.82) is 0 Å². The van der Waals surface area contributed by atoms with Crippen LogP contribution in [0.25, 0.3) is 0 Å². The molecule has 0 spiro atoms. The van der Waals surface area contributed by atoms with Crippen molar-refractivity contribution >= 4 is 13.2 Å². The summed E-state index contributed by atoms with van der Waals surface area (Å²) in [7, 11) is -4.81. The fourth-order valence-corrected chi connectivity index (χ4v) is 4.75. The van der Waals surface area contributed by atoms with Crippen LogP contribution in [-0.4, -0.2) is 17.3 Å². The zero-order chi connectivity index (χ0) is 19.7. The molecule has 156 valence electrons. The summed E-state index contributed by atoms with van der Waals surface area (Å²) in [5.74, 6) is 0. The molecule has 0 amide bonds. The monoisotopic (exact) mass is 597 g/mol. The molecule has 0 aliphatic heterocycles. The van der Waals surface area contributed by atoms with Crippen molar-refractivity contribution in [3.8, 4) is 0 Å². The molecule has 0 saturated carbocycles. The normalized spacial score (nSPS) is 10.0. The number of rotatable bonds is 7. The van der Waals surface area contributed by atoms with Gasteiger partial charge in [0.05, 0.1) is 0 Å². The van der Waals surface area contributed by atoms with Crippen molar-refractivity contribution in [3.05, 3.63) is 60.9 Å². The second-order valence-electron chi connectivity index (χ2n) is 5.43. The zero-order valence-electron chi connectivity index (χ0n) is 15.7. The maximum Gasteiger partial charge on any atom is 1.00 e. The molecule has 0 saturated heterocycles. The third-order valence-corrected chi connectivity index (χ3v) is 5.99. The van der Waals surface area contributed by atoms with E-state index in [-0.39, 0.29) is 30.3 Å². The summed E-state index contributed by atoms with van der Waals surface area (Å²) in [6.45, 7) is 4.58. The Morgan fingerprint density at radius 1 is 0.778 bits per heavy atom. The van der Waals surface area contributed by atoms with Crippen molar-refractivity contribution in [2.24, 2.45) is 0 Å². The van der Waals surface area contributed by atoms with Crippen LogP contribution in [0.15, 0.2) is 60.9 Å². The van der Waals surface area contributed by atoms with Crippen LogP contribution >= 0.6 is 7.92 Å². The quantitative estimate of drug-likeness (QED) is 0.346. The van der Waals surface area contributed by atoms with E-state index in [0.29, 0.717) is 0 Å². The molecule has 5 nitrogen and oxygen atoms in total. The number of pyridine rings is 1. The Morgan fingerprint density at radius 2 is 1.19 bits per heavy atom. The molecule has 27 heavy (non-hydrogen) atoms. The molecule has 0 N–H and O–H groups in total. The molecule has 0 atom stereocenters.